The van der Waals surface area contributed by atoms with Gasteiger partial charge in [-0.1, -0.05) is 37.3 Å². The number of carbonyl (C=O) groups is 1. The summed E-state index contributed by atoms with van der Waals surface area (Å²) in [5.41, 5.74) is 3.07. The van der Waals surface area contributed by atoms with Gasteiger partial charge in [-0.25, -0.2) is 4.98 Å². The fraction of sp³-hybridized carbons (Fsp3) is 0.259. The molecule has 3 aromatic carbocycles. The molecule has 4 aromatic rings. The molecule has 0 spiro atoms. The standard InChI is InChI=1S/C27H29N5O3S2/c1-2-30-16-18-31(19-17-30)22-14-12-21(13-15-22)28-26(33)20-36-27-29-24-10-6-7-11-25(24)32(27)37(34,35)23-8-4-3-5-9-23/h3-15H,2,16-20H2,1H3,(H,28,33)/p+1. The molecule has 192 valence electrons. The number of aromatic amines is 1. The Bertz CT molecular complexity index is 1480. The van der Waals surface area contributed by atoms with Crippen LogP contribution >= 0.6 is 11.8 Å². The molecule has 1 aliphatic rings. The molecule has 1 aromatic heterocycles. The Balaban J connectivity index is 1.28. The molecule has 10 heteroatoms. The maximum absolute atomic E-state index is 13.5. The van der Waals surface area contributed by atoms with E-state index >= 15 is 0 Å². The zero-order chi connectivity index (χ0) is 25.8. The van der Waals surface area contributed by atoms with Crippen molar-refractivity contribution in [3.63, 3.8) is 0 Å². The zero-order valence-corrected chi connectivity index (χ0v) is 22.3. The van der Waals surface area contributed by atoms with Crippen molar-refractivity contribution in [2.75, 3.05) is 48.7 Å². The van der Waals surface area contributed by atoms with E-state index in [1.165, 1.54) is 3.97 Å². The van der Waals surface area contributed by atoms with Crippen molar-refractivity contribution in [2.45, 2.75) is 17.0 Å². The molecule has 0 bridgehead atoms. The number of fused-ring (bicyclic) bond motifs is 1. The van der Waals surface area contributed by atoms with Gasteiger partial charge in [-0.2, -0.15) is 8.42 Å². The minimum atomic E-state index is -3.86. The first kappa shape index (κ1) is 25.3. The summed E-state index contributed by atoms with van der Waals surface area (Å²) in [6, 6.07) is 23.4. The van der Waals surface area contributed by atoms with Gasteiger partial charge < -0.3 is 15.1 Å². The SMILES string of the molecule is CCN1CCN(c2ccc(NC(=O)CSc3[nH]c4ccccc4[n+]3S(=O)(=O)c3ccccc3)cc2)CC1. The number of hydrogen-bond acceptors (Lipinski definition) is 6. The van der Waals surface area contributed by atoms with E-state index in [2.05, 4.69) is 27.0 Å². The predicted octanol–water partition coefficient (Wildman–Crippen LogP) is 3.57. The number of nitrogens with one attached hydrogen (secondary N) is 2. The lowest BCUT2D eigenvalue weighted by atomic mass is 10.2. The molecule has 37 heavy (non-hydrogen) atoms. The van der Waals surface area contributed by atoms with Gasteiger partial charge in [0.25, 0.3) is 0 Å². The van der Waals surface area contributed by atoms with Crippen LogP contribution in [0.5, 0.6) is 0 Å². The van der Waals surface area contributed by atoms with Gasteiger partial charge in [0, 0.05) is 37.6 Å². The number of imidazole rings is 1. The second-order valence-electron chi connectivity index (χ2n) is 8.83. The lowest BCUT2D eigenvalue weighted by molar-refractivity contribution is -0.526. The van der Waals surface area contributed by atoms with Crippen LogP contribution in [0.3, 0.4) is 0 Å². The first-order chi connectivity index (χ1) is 18.0. The summed E-state index contributed by atoms with van der Waals surface area (Å²) in [5.74, 6) is -0.158. The van der Waals surface area contributed by atoms with Crippen LogP contribution in [0, 0.1) is 0 Å². The number of hydrogen-bond donors (Lipinski definition) is 2. The third-order valence-corrected chi connectivity index (χ3v) is 9.31. The Morgan fingerprint density at radius 3 is 2.32 bits per heavy atom. The third kappa shape index (κ3) is 5.51. The predicted molar refractivity (Wildman–Crippen MR) is 148 cm³/mol. The van der Waals surface area contributed by atoms with Crippen molar-refractivity contribution in [3.8, 4) is 0 Å². The van der Waals surface area contributed by atoms with E-state index in [1.54, 1.807) is 42.5 Å². The highest BCUT2D eigenvalue weighted by Gasteiger charge is 2.32. The number of amides is 1. The quantitative estimate of drug-likeness (QED) is 0.264. The zero-order valence-electron chi connectivity index (χ0n) is 20.6. The number of nitrogens with zero attached hydrogens (tertiary/aromatic N) is 3. The Morgan fingerprint density at radius 1 is 0.946 bits per heavy atom. The normalized spacial score (nSPS) is 14.7. The number of piperazine rings is 1. The third-order valence-electron chi connectivity index (χ3n) is 6.51. The summed E-state index contributed by atoms with van der Waals surface area (Å²) >= 11 is 1.15. The van der Waals surface area contributed by atoms with Gasteiger partial charge in [0.2, 0.25) is 5.91 Å². The lowest BCUT2D eigenvalue weighted by Crippen LogP contribution is -2.46. The fourth-order valence-electron chi connectivity index (χ4n) is 4.47. The molecule has 0 saturated carbocycles. The number of likely N-dealkylation sites (N-methyl/N-ethyl adjacent to an activating group) is 1. The minimum Gasteiger partial charge on any atom is -0.369 e. The van der Waals surface area contributed by atoms with Crippen molar-refractivity contribution in [1.29, 1.82) is 0 Å². The van der Waals surface area contributed by atoms with E-state index in [9.17, 15) is 13.2 Å². The highest BCUT2D eigenvalue weighted by Crippen LogP contribution is 2.23. The van der Waals surface area contributed by atoms with E-state index in [4.69, 9.17) is 0 Å². The molecular formula is C27H30N5O3S2+. The van der Waals surface area contributed by atoms with Crippen LogP contribution in [-0.2, 0) is 14.8 Å². The molecule has 2 N–H and O–H groups in total. The van der Waals surface area contributed by atoms with Crippen LogP contribution < -0.4 is 14.2 Å². The van der Waals surface area contributed by atoms with Crippen LogP contribution in [0.1, 0.15) is 6.92 Å². The number of thioether (sulfide) groups is 1. The van der Waals surface area contributed by atoms with Crippen LogP contribution in [-0.4, -0.2) is 62.7 Å². The molecule has 0 radical (unpaired) electrons. The number of rotatable bonds is 8. The molecular weight excluding hydrogens is 506 g/mol. The topological polar surface area (TPSA) is 89.4 Å². The summed E-state index contributed by atoms with van der Waals surface area (Å²) < 4.78 is 28.3. The number of carbonyl (C=O) groups excluding carboxylic acids is 1. The minimum absolute atomic E-state index is 0.0534. The highest BCUT2D eigenvalue weighted by molar-refractivity contribution is 8.00. The van der Waals surface area contributed by atoms with Crippen molar-refractivity contribution in [3.05, 3.63) is 78.9 Å². The summed E-state index contributed by atoms with van der Waals surface area (Å²) in [5, 5.41) is 3.30. The average molecular weight is 537 g/mol. The van der Waals surface area contributed by atoms with Gasteiger partial charge in [0.1, 0.15) is 4.90 Å². The van der Waals surface area contributed by atoms with Crippen molar-refractivity contribution in [1.82, 2.24) is 9.88 Å². The largest absolute Gasteiger partial charge is 0.369 e. The van der Waals surface area contributed by atoms with Gasteiger partial charge in [-0.3, -0.25) is 4.79 Å². The van der Waals surface area contributed by atoms with Crippen LogP contribution in [0.15, 0.2) is 88.9 Å². The Labute approximate surface area is 221 Å². The van der Waals surface area contributed by atoms with Gasteiger partial charge in [0.05, 0.1) is 5.75 Å². The first-order valence-electron chi connectivity index (χ1n) is 12.3. The molecule has 1 saturated heterocycles. The lowest BCUT2D eigenvalue weighted by Gasteiger charge is -2.35. The first-order valence-corrected chi connectivity index (χ1v) is 14.7. The van der Waals surface area contributed by atoms with E-state index in [0.29, 0.717) is 21.9 Å². The maximum atomic E-state index is 13.5. The van der Waals surface area contributed by atoms with Crippen molar-refractivity contribution < 1.29 is 17.2 Å². The molecule has 1 fully saturated rings. The summed E-state index contributed by atoms with van der Waals surface area (Å²) in [6.45, 7) is 7.36. The van der Waals surface area contributed by atoms with E-state index < -0.39 is 10.0 Å². The van der Waals surface area contributed by atoms with Crippen molar-refractivity contribution >= 4 is 50.1 Å². The van der Waals surface area contributed by atoms with Crippen LogP contribution in [0.2, 0.25) is 0 Å². The van der Waals surface area contributed by atoms with E-state index in [1.807, 2.05) is 36.4 Å². The molecule has 0 atom stereocenters. The van der Waals surface area contributed by atoms with Gasteiger partial charge in [-0.15, -0.1) is 3.97 Å². The second-order valence-corrected chi connectivity index (χ2v) is 11.6. The smallest absolute Gasteiger partial charge is 0.336 e. The monoisotopic (exact) mass is 536 g/mol. The highest BCUT2D eigenvalue weighted by atomic mass is 32.2. The Morgan fingerprint density at radius 2 is 1.62 bits per heavy atom. The van der Waals surface area contributed by atoms with Gasteiger partial charge in [-0.05, 0) is 66.8 Å². The second kappa shape index (κ2) is 11.0. The van der Waals surface area contributed by atoms with Crippen molar-refractivity contribution in [2.24, 2.45) is 0 Å². The van der Waals surface area contributed by atoms with E-state index in [-0.39, 0.29) is 16.6 Å². The number of anilines is 2. The summed E-state index contributed by atoms with van der Waals surface area (Å²) in [4.78, 5) is 20.9. The number of aromatic nitrogens is 2. The Hall–Kier alpha value is -3.34. The van der Waals surface area contributed by atoms with Gasteiger partial charge >= 0.3 is 15.2 Å². The molecule has 0 aliphatic carbocycles. The average Bonchev–Trinajstić information content (AvgIpc) is 3.32. The molecule has 8 nitrogen and oxygen atoms in total. The molecule has 1 aliphatic heterocycles. The molecule has 2 heterocycles. The van der Waals surface area contributed by atoms with Crippen LogP contribution in [0.25, 0.3) is 11.0 Å². The molecule has 1 amide bonds. The Kier molecular flexibility index (Phi) is 7.50. The number of H-pyrrole nitrogens is 1. The number of para-hydroxylation sites is 2. The van der Waals surface area contributed by atoms with E-state index in [0.717, 1.165) is 50.2 Å². The molecule has 5 rings (SSSR count). The molecule has 0 unspecified atom stereocenters. The maximum Gasteiger partial charge on any atom is 0.336 e. The summed E-state index contributed by atoms with van der Waals surface area (Å²) in [6.07, 6.45) is 0. The fourth-order valence-corrected chi connectivity index (χ4v) is 7.06. The van der Waals surface area contributed by atoms with Crippen LogP contribution in [0.4, 0.5) is 11.4 Å². The number of benzene rings is 3. The van der Waals surface area contributed by atoms with Gasteiger partial charge in [0.15, 0.2) is 11.0 Å². The summed E-state index contributed by atoms with van der Waals surface area (Å²) in [7, 11) is -3.86.